The number of hydrogen-bond acceptors (Lipinski definition) is 4. The van der Waals surface area contributed by atoms with Crippen molar-refractivity contribution in [2.24, 2.45) is 0 Å². The molecule has 0 saturated heterocycles. The molecule has 0 aromatic rings. The fourth-order valence-corrected chi connectivity index (χ4v) is 2.53. The highest BCUT2D eigenvalue weighted by atomic mass is 127. The van der Waals surface area contributed by atoms with Crippen molar-refractivity contribution in [1.29, 1.82) is 0 Å². The molecule has 0 aromatic heterocycles. The Balaban J connectivity index is 0.000000519. The van der Waals surface area contributed by atoms with Gasteiger partial charge < -0.3 is 20.1 Å². The number of carbonyl (C=O) groups excluding carboxylic acids is 1. The van der Waals surface area contributed by atoms with E-state index in [0.29, 0.717) is 32.4 Å². The zero-order chi connectivity index (χ0) is 15.9. The van der Waals surface area contributed by atoms with Gasteiger partial charge in [0, 0.05) is 41.7 Å². The Morgan fingerprint density at radius 3 is 1.91 bits per heavy atom. The summed E-state index contributed by atoms with van der Waals surface area (Å²) in [6, 6.07) is 0.710. The number of rotatable bonds is 10. The Hall–Kier alpha value is 0.0800. The Morgan fingerprint density at radius 1 is 0.864 bits per heavy atom. The molecule has 0 atom stereocenters. The molecule has 6 heteroatoms. The van der Waals surface area contributed by atoms with E-state index in [9.17, 15) is 4.79 Å². The first-order valence-electron chi connectivity index (χ1n) is 8.61. The van der Waals surface area contributed by atoms with Crippen LogP contribution in [0.25, 0.3) is 0 Å². The maximum atomic E-state index is 10.5. The van der Waals surface area contributed by atoms with Gasteiger partial charge in [0.05, 0.1) is 26.4 Å². The first-order valence-corrected chi connectivity index (χ1v) is 9.69. The van der Waals surface area contributed by atoms with Crippen LogP contribution in [0.5, 0.6) is 0 Å². The molecule has 0 radical (unpaired) electrons. The van der Waals surface area contributed by atoms with Gasteiger partial charge in [-0.1, -0.05) is 38.5 Å². The molecule has 0 aliphatic heterocycles. The largest absolute Gasteiger partial charge is 0.378 e. The molecule has 2 fully saturated rings. The van der Waals surface area contributed by atoms with Crippen molar-refractivity contribution in [2.45, 2.75) is 57.4 Å². The summed E-state index contributed by atoms with van der Waals surface area (Å²) in [5.74, 6) is 0. The average Bonchev–Trinajstić information content (AvgIpc) is 2.92. The molecule has 2 saturated carbocycles. The molecule has 2 aliphatic carbocycles. The lowest BCUT2D eigenvalue weighted by atomic mass is 10.0. The van der Waals surface area contributed by atoms with Crippen LogP contribution in [0.4, 0.5) is 4.79 Å². The lowest BCUT2D eigenvalue weighted by molar-refractivity contribution is 0.0501. The number of ether oxygens (including phenoxy) is 2. The van der Waals surface area contributed by atoms with Crippen molar-refractivity contribution >= 4 is 26.5 Å². The normalized spacial score (nSPS) is 17.5. The van der Waals surface area contributed by atoms with Gasteiger partial charge in [0.25, 0.3) is 3.91 Å². The van der Waals surface area contributed by atoms with Gasteiger partial charge in [0.2, 0.25) is 0 Å². The first kappa shape index (κ1) is 20.1. The second-order valence-electron chi connectivity index (χ2n) is 5.77. The minimum Gasteiger partial charge on any atom is -0.378 e. The third kappa shape index (κ3) is 12.6. The van der Waals surface area contributed by atoms with Gasteiger partial charge in [-0.05, 0) is 12.8 Å². The summed E-state index contributed by atoms with van der Waals surface area (Å²) in [4.78, 5) is 10.5. The van der Waals surface area contributed by atoms with E-state index in [1.54, 1.807) is 22.6 Å². The number of carbonyl (C=O) groups is 1. The first-order chi connectivity index (χ1) is 10.8. The smallest absolute Gasteiger partial charge is 0.280 e. The Bertz CT molecular complexity index is 266. The summed E-state index contributed by atoms with van der Waals surface area (Å²) in [6.45, 7) is 3.97. The van der Waals surface area contributed by atoms with Crippen molar-refractivity contribution in [3.05, 3.63) is 0 Å². The fourth-order valence-electron chi connectivity index (χ4n) is 2.26. The Kier molecular flexibility index (Phi) is 13.4. The maximum absolute atomic E-state index is 10.5. The quantitative estimate of drug-likeness (QED) is 0.244. The minimum absolute atomic E-state index is 0.0505. The lowest BCUT2D eigenvalue weighted by Crippen LogP contribution is -2.29. The topological polar surface area (TPSA) is 59.6 Å². The molecule has 1 amide bonds. The van der Waals surface area contributed by atoms with Crippen molar-refractivity contribution < 1.29 is 14.3 Å². The zero-order valence-corrected chi connectivity index (χ0v) is 15.7. The number of amides is 1. The summed E-state index contributed by atoms with van der Waals surface area (Å²) in [5.41, 5.74) is 0. The molecular formula is C16H31IN2O3. The average molecular weight is 426 g/mol. The molecule has 0 bridgehead atoms. The van der Waals surface area contributed by atoms with Crippen LogP contribution in [0.1, 0.15) is 51.4 Å². The highest BCUT2D eigenvalue weighted by Crippen LogP contribution is 2.17. The summed E-state index contributed by atoms with van der Waals surface area (Å²) < 4.78 is 10.7. The highest BCUT2D eigenvalue weighted by Gasteiger charge is 2.13. The van der Waals surface area contributed by atoms with Gasteiger partial charge >= 0.3 is 0 Å². The summed E-state index contributed by atoms with van der Waals surface area (Å²) in [5, 5.41) is 6.15. The van der Waals surface area contributed by atoms with E-state index >= 15 is 0 Å². The van der Waals surface area contributed by atoms with Gasteiger partial charge in [0.1, 0.15) is 0 Å². The van der Waals surface area contributed by atoms with Crippen molar-refractivity contribution in [2.75, 3.05) is 39.5 Å². The van der Waals surface area contributed by atoms with Crippen LogP contribution in [0, 0.1) is 0 Å². The number of halogens is 1. The van der Waals surface area contributed by atoms with Crippen LogP contribution in [-0.2, 0) is 9.47 Å². The lowest BCUT2D eigenvalue weighted by Gasteiger charge is -2.11. The van der Waals surface area contributed by atoms with Crippen LogP contribution in [0.3, 0.4) is 0 Å². The van der Waals surface area contributed by atoms with Crippen molar-refractivity contribution in [3.63, 3.8) is 0 Å². The fraction of sp³-hybridized carbons (Fsp3) is 0.938. The Labute approximate surface area is 148 Å². The van der Waals surface area contributed by atoms with Crippen LogP contribution in [0.2, 0.25) is 0 Å². The third-order valence-electron chi connectivity index (χ3n) is 3.92. The van der Waals surface area contributed by atoms with Gasteiger partial charge in [-0.3, -0.25) is 4.79 Å². The zero-order valence-electron chi connectivity index (χ0n) is 13.6. The highest BCUT2D eigenvalue weighted by molar-refractivity contribution is 14.1. The molecule has 0 unspecified atom stereocenters. The van der Waals surface area contributed by atoms with E-state index in [2.05, 4.69) is 10.6 Å². The van der Waals surface area contributed by atoms with Gasteiger partial charge in [-0.15, -0.1) is 0 Å². The monoisotopic (exact) mass is 426 g/mol. The van der Waals surface area contributed by atoms with E-state index in [4.69, 9.17) is 9.47 Å². The molecule has 0 heterocycles. The third-order valence-corrected chi connectivity index (χ3v) is 4.30. The molecule has 2 rings (SSSR count). The predicted molar refractivity (Wildman–Crippen MR) is 97.8 cm³/mol. The SMILES string of the molecule is C1CCC1.O=C(I)NCCOCCOCCNC1CCCC1. The van der Waals surface area contributed by atoms with Crippen LogP contribution in [-0.4, -0.2) is 49.5 Å². The summed E-state index contributed by atoms with van der Waals surface area (Å²) in [6.07, 6.45) is 11.3. The van der Waals surface area contributed by atoms with E-state index in [1.165, 1.54) is 51.4 Å². The van der Waals surface area contributed by atoms with E-state index in [-0.39, 0.29) is 3.91 Å². The molecule has 22 heavy (non-hydrogen) atoms. The van der Waals surface area contributed by atoms with Gasteiger partial charge in [0.15, 0.2) is 0 Å². The molecule has 2 aliphatic rings. The standard InChI is InChI=1S/C12H23IN2O3.C4H8/c13-12(16)15-6-8-18-10-9-17-7-5-14-11-3-1-2-4-11;1-2-4-3-1/h11,14H,1-10H2,(H,15,16);1-4H2. The molecule has 5 nitrogen and oxygen atoms in total. The molecule has 0 spiro atoms. The van der Waals surface area contributed by atoms with E-state index < -0.39 is 0 Å². The minimum atomic E-state index is -0.0505. The van der Waals surface area contributed by atoms with Gasteiger partial charge in [-0.2, -0.15) is 0 Å². The number of nitrogens with one attached hydrogen (secondary N) is 2. The summed E-state index contributed by atoms with van der Waals surface area (Å²) >= 11 is 1.70. The molecule has 2 N–H and O–H groups in total. The number of hydrogen-bond donors (Lipinski definition) is 2. The van der Waals surface area contributed by atoms with Crippen molar-refractivity contribution in [3.8, 4) is 0 Å². The van der Waals surface area contributed by atoms with E-state index in [1.807, 2.05) is 0 Å². The van der Waals surface area contributed by atoms with Crippen LogP contribution >= 0.6 is 22.6 Å². The molecule has 0 aromatic carbocycles. The van der Waals surface area contributed by atoms with Crippen LogP contribution in [0.15, 0.2) is 0 Å². The van der Waals surface area contributed by atoms with E-state index in [0.717, 1.165) is 13.2 Å². The maximum Gasteiger partial charge on any atom is 0.280 e. The second-order valence-corrected chi connectivity index (χ2v) is 6.75. The predicted octanol–water partition coefficient (Wildman–Crippen LogP) is 3.26. The molecular weight excluding hydrogens is 395 g/mol. The second kappa shape index (κ2) is 14.7. The van der Waals surface area contributed by atoms with Crippen molar-refractivity contribution in [1.82, 2.24) is 10.6 Å². The van der Waals surface area contributed by atoms with Gasteiger partial charge in [-0.25, -0.2) is 0 Å². The Morgan fingerprint density at radius 2 is 1.41 bits per heavy atom. The summed E-state index contributed by atoms with van der Waals surface area (Å²) in [7, 11) is 0. The van der Waals surface area contributed by atoms with Crippen LogP contribution < -0.4 is 10.6 Å². The molecule has 130 valence electrons.